The number of nitrogens with one attached hydrogen (secondary N) is 3. The van der Waals surface area contributed by atoms with Crippen LogP contribution in [-0.4, -0.2) is 20.2 Å². The lowest BCUT2D eigenvalue weighted by Crippen LogP contribution is -1.98. The number of hydrogen-bond donors (Lipinski definition) is 4. The minimum atomic E-state index is 0.547. The fourth-order valence-corrected chi connectivity index (χ4v) is 2.70. The number of nitrogens with zero attached hydrogens (tertiary/aromatic N) is 3. The Labute approximate surface area is 148 Å². The van der Waals surface area contributed by atoms with Gasteiger partial charge in [0.1, 0.15) is 23.3 Å². The highest BCUT2D eigenvalue weighted by atomic mass is 35.5. The van der Waals surface area contributed by atoms with Crippen molar-refractivity contribution in [1.29, 1.82) is 0 Å². The molecule has 7 nitrogen and oxygen atoms in total. The normalized spacial score (nSPS) is 10.8. The second-order valence-electron chi connectivity index (χ2n) is 5.41. The van der Waals surface area contributed by atoms with Crippen molar-refractivity contribution in [2.75, 3.05) is 16.4 Å². The first-order chi connectivity index (χ1) is 12.2. The van der Waals surface area contributed by atoms with Crippen molar-refractivity contribution in [2.45, 2.75) is 0 Å². The second kappa shape index (κ2) is 6.29. The van der Waals surface area contributed by atoms with Crippen LogP contribution < -0.4 is 16.4 Å². The number of rotatable bonds is 4. The SMILES string of the molecule is Nc1cccc(Nc2[nH]nc3ncnc(Nc4cccc(Cl)c4)c23)c1. The molecule has 0 fully saturated rings. The van der Waals surface area contributed by atoms with Crippen LogP contribution in [0.15, 0.2) is 54.9 Å². The Morgan fingerprint density at radius 3 is 2.56 bits per heavy atom. The molecule has 0 aliphatic carbocycles. The minimum absolute atomic E-state index is 0.547. The Kier molecular flexibility index (Phi) is 3.83. The molecule has 2 heterocycles. The van der Waals surface area contributed by atoms with E-state index in [1.165, 1.54) is 6.33 Å². The summed E-state index contributed by atoms with van der Waals surface area (Å²) < 4.78 is 0. The summed E-state index contributed by atoms with van der Waals surface area (Å²) in [5.41, 5.74) is 8.71. The average molecular weight is 352 g/mol. The third kappa shape index (κ3) is 3.17. The predicted octanol–water partition coefficient (Wildman–Crippen LogP) is 4.08. The van der Waals surface area contributed by atoms with E-state index in [1.807, 2.05) is 48.5 Å². The third-order valence-corrected chi connectivity index (χ3v) is 3.83. The van der Waals surface area contributed by atoms with Crippen molar-refractivity contribution in [3.05, 3.63) is 59.9 Å². The Morgan fingerprint density at radius 2 is 1.76 bits per heavy atom. The first-order valence-electron chi connectivity index (χ1n) is 7.53. The topological polar surface area (TPSA) is 105 Å². The first kappa shape index (κ1) is 15.2. The number of benzene rings is 2. The Bertz CT molecular complexity index is 1040. The zero-order valence-electron chi connectivity index (χ0n) is 13.0. The molecule has 2 aromatic carbocycles. The molecule has 0 aliphatic rings. The molecule has 2 aromatic heterocycles. The van der Waals surface area contributed by atoms with Crippen molar-refractivity contribution in [3.63, 3.8) is 0 Å². The lowest BCUT2D eigenvalue weighted by Gasteiger charge is -2.09. The van der Waals surface area contributed by atoms with E-state index in [1.54, 1.807) is 0 Å². The molecular weight excluding hydrogens is 338 g/mol. The highest BCUT2D eigenvalue weighted by molar-refractivity contribution is 6.30. The summed E-state index contributed by atoms with van der Waals surface area (Å²) in [7, 11) is 0. The van der Waals surface area contributed by atoms with Crippen LogP contribution in [0.3, 0.4) is 0 Å². The summed E-state index contributed by atoms with van der Waals surface area (Å²) in [5.74, 6) is 1.29. The van der Waals surface area contributed by atoms with E-state index >= 15 is 0 Å². The van der Waals surface area contributed by atoms with Crippen LogP contribution >= 0.6 is 11.6 Å². The van der Waals surface area contributed by atoms with Gasteiger partial charge in [-0.15, -0.1) is 0 Å². The van der Waals surface area contributed by atoms with Crippen molar-refractivity contribution >= 4 is 51.3 Å². The number of fused-ring (bicyclic) bond motifs is 1. The van der Waals surface area contributed by atoms with Gasteiger partial charge in [0.05, 0.1) is 0 Å². The van der Waals surface area contributed by atoms with Gasteiger partial charge in [0, 0.05) is 22.1 Å². The molecule has 0 radical (unpaired) electrons. The lowest BCUT2D eigenvalue weighted by molar-refractivity contribution is 1.09. The number of nitrogen functional groups attached to an aromatic ring is 1. The number of hydrogen-bond acceptors (Lipinski definition) is 6. The molecule has 0 atom stereocenters. The van der Waals surface area contributed by atoms with Gasteiger partial charge in [-0.1, -0.05) is 23.7 Å². The van der Waals surface area contributed by atoms with Crippen LogP contribution in [0.4, 0.5) is 28.7 Å². The number of aromatic amines is 1. The summed E-state index contributed by atoms with van der Waals surface area (Å²) in [6.45, 7) is 0. The van der Waals surface area contributed by atoms with E-state index in [9.17, 15) is 0 Å². The van der Waals surface area contributed by atoms with Crippen molar-refractivity contribution in [2.24, 2.45) is 0 Å². The summed E-state index contributed by atoms with van der Waals surface area (Å²) in [6, 6.07) is 14.9. The van der Waals surface area contributed by atoms with Gasteiger partial charge in [0.15, 0.2) is 5.65 Å². The molecule has 0 saturated carbocycles. The highest BCUT2D eigenvalue weighted by Gasteiger charge is 2.13. The van der Waals surface area contributed by atoms with Crippen molar-refractivity contribution in [3.8, 4) is 0 Å². The lowest BCUT2D eigenvalue weighted by atomic mass is 10.2. The fraction of sp³-hybridized carbons (Fsp3) is 0. The number of anilines is 5. The quantitative estimate of drug-likeness (QED) is 0.413. The Balaban J connectivity index is 1.74. The zero-order valence-corrected chi connectivity index (χ0v) is 13.7. The Morgan fingerprint density at radius 1 is 0.960 bits per heavy atom. The number of nitrogens with two attached hydrogens (primary N) is 1. The van der Waals surface area contributed by atoms with Gasteiger partial charge in [-0.25, -0.2) is 9.97 Å². The maximum atomic E-state index is 6.05. The molecule has 8 heteroatoms. The minimum Gasteiger partial charge on any atom is -0.399 e. The van der Waals surface area contributed by atoms with Crippen LogP contribution in [0.5, 0.6) is 0 Å². The first-order valence-corrected chi connectivity index (χ1v) is 7.91. The standard InChI is InChI=1S/C17H14ClN7/c18-10-3-1-5-12(7-10)22-15-14-16(21-9-20-15)24-25-17(14)23-13-6-2-4-11(19)8-13/h1-9H,19H2,(H3,20,21,22,23,24,25). The molecule has 0 bridgehead atoms. The van der Waals surface area contributed by atoms with Gasteiger partial charge in [-0.3, -0.25) is 5.10 Å². The molecule has 124 valence electrons. The second-order valence-corrected chi connectivity index (χ2v) is 5.84. The maximum absolute atomic E-state index is 6.05. The largest absolute Gasteiger partial charge is 0.399 e. The van der Waals surface area contributed by atoms with E-state index in [0.717, 1.165) is 16.8 Å². The zero-order chi connectivity index (χ0) is 17.2. The van der Waals surface area contributed by atoms with Gasteiger partial charge in [-0.05, 0) is 36.4 Å². The monoisotopic (exact) mass is 351 g/mol. The van der Waals surface area contributed by atoms with E-state index in [-0.39, 0.29) is 0 Å². The summed E-state index contributed by atoms with van der Waals surface area (Å²) in [6.07, 6.45) is 1.46. The van der Waals surface area contributed by atoms with Crippen molar-refractivity contribution in [1.82, 2.24) is 20.2 Å². The van der Waals surface area contributed by atoms with Gasteiger partial charge in [0.25, 0.3) is 0 Å². The van der Waals surface area contributed by atoms with Gasteiger partial charge in [0.2, 0.25) is 0 Å². The molecule has 0 saturated heterocycles. The van der Waals surface area contributed by atoms with Crippen LogP contribution in [0.2, 0.25) is 5.02 Å². The van der Waals surface area contributed by atoms with Crippen LogP contribution in [0, 0.1) is 0 Å². The molecular formula is C17H14ClN7. The molecule has 0 amide bonds. The predicted molar refractivity (Wildman–Crippen MR) is 101 cm³/mol. The van der Waals surface area contributed by atoms with E-state index in [4.69, 9.17) is 17.3 Å². The molecule has 0 aliphatic heterocycles. The molecule has 4 aromatic rings. The highest BCUT2D eigenvalue weighted by Crippen LogP contribution is 2.30. The van der Waals surface area contributed by atoms with E-state index in [0.29, 0.717) is 28.0 Å². The average Bonchev–Trinajstić information content (AvgIpc) is 2.99. The Hall–Kier alpha value is -3.32. The summed E-state index contributed by atoms with van der Waals surface area (Å²) >= 11 is 6.05. The number of aromatic nitrogens is 4. The van der Waals surface area contributed by atoms with E-state index in [2.05, 4.69) is 30.8 Å². The van der Waals surface area contributed by atoms with Crippen molar-refractivity contribution < 1.29 is 0 Å². The fourth-order valence-electron chi connectivity index (χ4n) is 2.50. The van der Waals surface area contributed by atoms with Crippen LogP contribution in [0.1, 0.15) is 0 Å². The van der Waals surface area contributed by atoms with Gasteiger partial charge in [-0.2, -0.15) is 5.10 Å². The smallest absolute Gasteiger partial charge is 0.188 e. The molecule has 0 unspecified atom stereocenters. The molecule has 5 N–H and O–H groups in total. The van der Waals surface area contributed by atoms with Gasteiger partial charge < -0.3 is 16.4 Å². The molecule has 25 heavy (non-hydrogen) atoms. The van der Waals surface area contributed by atoms with Crippen LogP contribution in [-0.2, 0) is 0 Å². The van der Waals surface area contributed by atoms with Crippen LogP contribution in [0.25, 0.3) is 11.0 Å². The molecule has 0 spiro atoms. The van der Waals surface area contributed by atoms with Gasteiger partial charge >= 0.3 is 0 Å². The third-order valence-electron chi connectivity index (χ3n) is 3.59. The number of halogens is 1. The summed E-state index contributed by atoms with van der Waals surface area (Å²) in [5, 5.41) is 15.1. The number of H-pyrrole nitrogens is 1. The maximum Gasteiger partial charge on any atom is 0.188 e. The van der Waals surface area contributed by atoms with E-state index < -0.39 is 0 Å². The summed E-state index contributed by atoms with van der Waals surface area (Å²) in [4.78, 5) is 8.53. The molecule has 4 rings (SSSR count).